The number of hydrogen-bond donors (Lipinski definition) is 1. The van der Waals surface area contributed by atoms with Crippen molar-refractivity contribution in [3.63, 3.8) is 0 Å². The fourth-order valence-corrected chi connectivity index (χ4v) is 2.47. The molecule has 0 aliphatic heterocycles. The summed E-state index contributed by atoms with van der Waals surface area (Å²) < 4.78 is 5.40. The van der Waals surface area contributed by atoms with Gasteiger partial charge >= 0.3 is 5.97 Å². The van der Waals surface area contributed by atoms with Gasteiger partial charge < -0.3 is 9.84 Å². The molecule has 0 radical (unpaired) electrons. The first-order valence-electron chi connectivity index (χ1n) is 6.57. The Morgan fingerprint density at radius 3 is 2.63 bits per heavy atom. The molecule has 0 atom stereocenters. The number of ether oxygens (including phenoxy) is 1. The van der Waals surface area contributed by atoms with Gasteiger partial charge in [-0.05, 0) is 30.7 Å². The van der Waals surface area contributed by atoms with Crippen molar-refractivity contribution >= 4 is 16.7 Å². The average molecular weight is 256 g/mol. The predicted molar refractivity (Wildman–Crippen MR) is 73.0 cm³/mol. The van der Waals surface area contributed by atoms with Gasteiger partial charge in [0.2, 0.25) is 0 Å². The van der Waals surface area contributed by atoms with Gasteiger partial charge in [0.1, 0.15) is 5.75 Å². The van der Waals surface area contributed by atoms with E-state index in [-0.39, 0.29) is 12.4 Å². The van der Waals surface area contributed by atoms with E-state index in [2.05, 4.69) is 0 Å². The first-order chi connectivity index (χ1) is 9.16. The highest BCUT2D eigenvalue weighted by atomic mass is 16.5. The zero-order chi connectivity index (χ0) is 13.3. The van der Waals surface area contributed by atoms with Crippen molar-refractivity contribution in [3.05, 3.63) is 42.5 Å². The van der Waals surface area contributed by atoms with Crippen LogP contribution in [0.15, 0.2) is 42.5 Å². The van der Waals surface area contributed by atoms with Gasteiger partial charge in [-0.1, -0.05) is 36.4 Å². The summed E-state index contributed by atoms with van der Waals surface area (Å²) in [5.41, 5.74) is -0.832. The van der Waals surface area contributed by atoms with Gasteiger partial charge in [-0.3, -0.25) is 4.79 Å². The number of hydrogen-bond acceptors (Lipinski definition) is 3. The Hall–Kier alpha value is -1.87. The van der Waals surface area contributed by atoms with Crippen molar-refractivity contribution in [3.8, 4) is 5.75 Å². The van der Waals surface area contributed by atoms with Gasteiger partial charge in [0.25, 0.3) is 0 Å². The standard InChI is InChI=1S/C16H16O3/c17-15(11-16(18)9-4-10-16)19-14-8-3-6-12-5-1-2-7-13(12)14/h1-3,5-8,18H,4,9-11H2. The van der Waals surface area contributed by atoms with Gasteiger partial charge in [-0.15, -0.1) is 0 Å². The Morgan fingerprint density at radius 2 is 1.89 bits per heavy atom. The summed E-state index contributed by atoms with van der Waals surface area (Å²) in [4.78, 5) is 11.9. The van der Waals surface area contributed by atoms with Crippen LogP contribution in [-0.2, 0) is 4.79 Å². The van der Waals surface area contributed by atoms with Gasteiger partial charge in [0.05, 0.1) is 12.0 Å². The molecule has 2 aromatic carbocycles. The summed E-state index contributed by atoms with van der Waals surface area (Å²) in [5.74, 6) is 0.199. The lowest BCUT2D eigenvalue weighted by atomic mass is 9.78. The number of benzene rings is 2. The zero-order valence-electron chi connectivity index (χ0n) is 10.6. The Labute approximate surface area is 111 Å². The van der Waals surface area contributed by atoms with Gasteiger partial charge in [-0.2, -0.15) is 0 Å². The van der Waals surface area contributed by atoms with Crippen LogP contribution in [0.5, 0.6) is 5.75 Å². The zero-order valence-corrected chi connectivity index (χ0v) is 10.6. The van der Waals surface area contributed by atoms with Crippen molar-refractivity contribution in [2.75, 3.05) is 0 Å². The van der Waals surface area contributed by atoms with Gasteiger partial charge in [0, 0.05) is 5.39 Å². The van der Waals surface area contributed by atoms with Crippen molar-refractivity contribution in [1.82, 2.24) is 0 Å². The van der Waals surface area contributed by atoms with Crippen LogP contribution >= 0.6 is 0 Å². The molecular formula is C16H16O3. The minimum absolute atomic E-state index is 0.0796. The lowest BCUT2D eigenvalue weighted by Crippen LogP contribution is -2.39. The Morgan fingerprint density at radius 1 is 1.16 bits per heavy atom. The summed E-state index contributed by atoms with van der Waals surface area (Å²) in [6, 6.07) is 13.4. The van der Waals surface area contributed by atoms with E-state index >= 15 is 0 Å². The second kappa shape index (κ2) is 4.67. The Bertz CT molecular complexity index is 609. The third kappa shape index (κ3) is 2.47. The van der Waals surface area contributed by atoms with E-state index in [4.69, 9.17) is 4.74 Å². The van der Waals surface area contributed by atoms with Crippen molar-refractivity contribution in [2.45, 2.75) is 31.3 Å². The van der Waals surface area contributed by atoms with E-state index < -0.39 is 5.60 Å². The molecule has 2 aromatic rings. The van der Waals surface area contributed by atoms with Crippen LogP contribution in [0.4, 0.5) is 0 Å². The van der Waals surface area contributed by atoms with Crippen LogP contribution in [0, 0.1) is 0 Å². The molecule has 3 rings (SSSR count). The molecule has 1 saturated carbocycles. The summed E-state index contributed by atoms with van der Waals surface area (Å²) in [6.45, 7) is 0. The lowest BCUT2D eigenvalue weighted by molar-refractivity contribution is -0.143. The van der Waals surface area contributed by atoms with Crippen molar-refractivity contribution in [2.24, 2.45) is 0 Å². The number of esters is 1. The van der Waals surface area contributed by atoms with Crippen LogP contribution < -0.4 is 4.74 Å². The minimum atomic E-state index is -0.832. The van der Waals surface area contributed by atoms with E-state index in [9.17, 15) is 9.90 Å². The smallest absolute Gasteiger partial charge is 0.314 e. The summed E-state index contributed by atoms with van der Waals surface area (Å²) in [6.07, 6.45) is 2.45. The molecule has 1 aliphatic rings. The molecule has 0 spiro atoms. The molecule has 19 heavy (non-hydrogen) atoms. The average Bonchev–Trinajstić information content (AvgIpc) is 2.37. The summed E-state index contributed by atoms with van der Waals surface area (Å²) >= 11 is 0. The number of carbonyl (C=O) groups excluding carboxylic acids is 1. The van der Waals surface area contributed by atoms with Crippen LogP contribution in [0.2, 0.25) is 0 Å². The first kappa shape index (κ1) is 12.2. The third-order valence-electron chi connectivity index (χ3n) is 3.73. The lowest BCUT2D eigenvalue weighted by Gasteiger charge is -2.35. The minimum Gasteiger partial charge on any atom is -0.426 e. The van der Waals surface area contributed by atoms with Gasteiger partial charge in [-0.25, -0.2) is 0 Å². The third-order valence-corrected chi connectivity index (χ3v) is 3.73. The molecule has 0 unspecified atom stereocenters. The molecule has 0 saturated heterocycles. The highest BCUT2D eigenvalue weighted by molar-refractivity contribution is 5.90. The fourth-order valence-electron chi connectivity index (χ4n) is 2.47. The molecule has 0 heterocycles. The molecule has 3 nitrogen and oxygen atoms in total. The molecule has 1 aliphatic carbocycles. The van der Waals surface area contributed by atoms with E-state index in [1.807, 2.05) is 36.4 Å². The van der Waals surface area contributed by atoms with Crippen LogP contribution in [0.25, 0.3) is 10.8 Å². The van der Waals surface area contributed by atoms with Crippen LogP contribution in [0.1, 0.15) is 25.7 Å². The normalized spacial score (nSPS) is 16.9. The topological polar surface area (TPSA) is 46.5 Å². The van der Waals surface area contributed by atoms with E-state index in [0.29, 0.717) is 18.6 Å². The van der Waals surface area contributed by atoms with Crippen molar-refractivity contribution in [1.29, 1.82) is 0 Å². The molecule has 3 heteroatoms. The number of carbonyl (C=O) groups is 1. The first-order valence-corrected chi connectivity index (χ1v) is 6.57. The molecular weight excluding hydrogens is 240 g/mol. The SMILES string of the molecule is O=C(CC1(O)CCC1)Oc1cccc2ccccc12. The largest absolute Gasteiger partial charge is 0.426 e. The second-order valence-corrected chi connectivity index (χ2v) is 5.21. The highest BCUT2D eigenvalue weighted by Crippen LogP contribution is 2.35. The maximum Gasteiger partial charge on any atom is 0.314 e. The van der Waals surface area contributed by atoms with Crippen LogP contribution in [-0.4, -0.2) is 16.7 Å². The Balaban J connectivity index is 1.79. The quantitative estimate of drug-likeness (QED) is 0.678. The molecule has 0 aromatic heterocycles. The number of fused-ring (bicyclic) bond motifs is 1. The van der Waals surface area contributed by atoms with E-state index in [0.717, 1.165) is 17.2 Å². The maximum atomic E-state index is 11.9. The monoisotopic (exact) mass is 256 g/mol. The molecule has 0 bridgehead atoms. The fraction of sp³-hybridized carbons (Fsp3) is 0.312. The molecule has 98 valence electrons. The van der Waals surface area contributed by atoms with E-state index in [1.165, 1.54) is 0 Å². The maximum absolute atomic E-state index is 11.9. The Kier molecular flexibility index (Phi) is 2.99. The van der Waals surface area contributed by atoms with Gasteiger partial charge in [0.15, 0.2) is 0 Å². The highest BCUT2D eigenvalue weighted by Gasteiger charge is 2.37. The number of aliphatic hydroxyl groups is 1. The van der Waals surface area contributed by atoms with Crippen LogP contribution in [0.3, 0.4) is 0 Å². The molecule has 1 fully saturated rings. The predicted octanol–water partition coefficient (Wildman–Crippen LogP) is 3.05. The summed E-state index contributed by atoms with van der Waals surface area (Å²) in [5, 5.41) is 11.9. The number of rotatable bonds is 3. The van der Waals surface area contributed by atoms with Crippen molar-refractivity contribution < 1.29 is 14.6 Å². The van der Waals surface area contributed by atoms with E-state index in [1.54, 1.807) is 6.07 Å². The molecule has 0 amide bonds. The molecule has 1 N–H and O–H groups in total. The second-order valence-electron chi connectivity index (χ2n) is 5.21. The summed E-state index contributed by atoms with van der Waals surface area (Å²) in [7, 11) is 0.